The van der Waals surface area contributed by atoms with Crippen molar-refractivity contribution < 1.29 is 0 Å². The number of rotatable bonds is 3. The summed E-state index contributed by atoms with van der Waals surface area (Å²) < 4.78 is 0. The van der Waals surface area contributed by atoms with Gasteiger partial charge in [0.2, 0.25) is 0 Å². The first-order chi connectivity index (χ1) is 13.3. The molecular weight excluding hydrogens is 360 g/mol. The van der Waals surface area contributed by atoms with E-state index in [2.05, 4.69) is 24.8 Å². The van der Waals surface area contributed by atoms with Gasteiger partial charge in [0.25, 0.3) is 0 Å². The molecule has 0 bridgehead atoms. The summed E-state index contributed by atoms with van der Waals surface area (Å²) in [5, 5.41) is 0.691. The van der Waals surface area contributed by atoms with Crippen molar-refractivity contribution in [2.24, 2.45) is 5.92 Å². The molecule has 2 fully saturated rings. The van der Waals surface area contributed by atoms with Gasteiger partial charge in [0, 0.05) is 49.3 Å². The lowest BCUT2D eigenvalue weighted by Gasteiger charge is -2.39. The third kappa shape index (κ3) is 3.35. The molecule has 7 heteroatoms. The fourth-order valence-electron chi connectivity index (χ4n) is 4.38. The summed E-state index contributed by atoms with van der Waals surface area (Å²) >= 11 is 6.06. The van der Waals surface area contributed by atoms with Gasteiger partial charge < -0.3 is 4.90 Å². The zero-order chi connectivity index (χ0) is 18.2. The van der Waals surface area contributed by atoms with Crippen molar-refractivity contribution in [2.75, 3.05) is 24.5 Å². The Labute approximate surface area is 163 Å². The number of aromatic nitrogens is 4. The predicted octanol–water partition coefficient (Wildman–Crippen LogP) is 3.17. The van der Waals surface area contributed by atoms with Gasteiger partial charge in [0.15, 0.2) is 0 Å². The van der Waals surface area contributed by atoms with Gasteiger partial charge >= 0.3 is 0 Å². The highest BCUT2D eigenvalue weighted by atomic mass is 35.5. The molecule has 138 valence electrons. The van der Waals surface area contributed by atoms with Crippen LogP contribution in [0.25, 0.3) is 11.0 Å². The van der Waals surface area contributed by atoms with Gasteiger partial charge in [-0.25, -0.2) is 4.98 Å². The van der Waals surface area contributed by atoms with Crippen LogP contribution in [0, 0.1) is 5.92 Å². The number of nitrogens with zero attached hydrogens (tertiary/aromatic N) is 6. The minimum absolute atomic E-state index is 0.531. The standard InChI is InChI=1S/C20H21ClN6/c21-15-1-2-17-18(9-15)24-11-20(25-17)27-8-4-14-3-7-26(19(14)13-27)12-16-10-22-5-6-23-16/h1-2,5-6,9-11,14,19H,3-4,7-8,12-13H2. The van der Waals surface area contributed by atoms with Crippen LogP contribution in [0.15, 0.2) is 43.0 Å². The minimum atomic E-state index is 0.531. The Kier molecular flexibility index (Phi) is 4.38. The average molecular weight is 381 g/mol. The fourth-order valence-corrected chi connectivity index (χ4v) is 4.54. The van der Waals surface area contributed by atoms with Crippen LogP contribution in [0.1, 0.15) is 18.5 Å². The second kappa shape index (κ2) is 7.02. The second-order valence-corrected chi connectivity index (χ2v) is 7.82. The Morgan fingerprint density at radius 2 is 1.96 bits per heavy atom. The van der Waals surface area contributed by atoms with Crippen LogP contribution < -0.4 is 4.90 Å². The molecular formula is C20H21ClN6. The maximum atomic E-state index is 6.06. The van der Waals surface area contributed by atoms with Crippen LogP contribution in [0.5, 0.6) is 0 Å². The van der Waals surface area contributed by atoms with Crippen molar-refractivity contribution >= 4 is 28.5 Å². The summed E-state index contributed by atoms with van der Waals surface area (Å²) in [4.78, 5) is 23.0. The highest BCUT2D eigenvalue weighted by molar-refractivity contribution is 6.31. The number of benzene rings is 1. The summed E-state index contributed by atoms with van der Waals surface area (Å²) in [6.45, 7) is 4.01. The third-order valence-electron chi connectivity index (χ3n) is 5.77. The Morgan fingerprint density at radius 1 is 1.04 bits per heavy atom. The van der Waals surface area contributed by atoms with Crippen molar-refractivity contribution in [3.05, 3.63) is 53.7 Å². The molecule has 2 saturated heterocycles. The average Bonchev–Trinajstić information content (AvgIpc) is 3.10. The molecule has 6 nitrogen and oxygen atoms in total. The first kappa shape index (κ1) is 16.8. The Morgan fingerprint density at radius 3 is 2.85 bits per heavy atom. The van der Waals surface area contributed by atoms with E-state index in [-0.39, 0.29) is 0 Å². The van der Waals surface area contributed by atoms with Crippen LogP contribution in [-0.4, -0.2) is 50.5 Å². The molecule has 1 aromatic carbocycles. The molecule has 0 amide bonds. The SMILES string of the molecule is Clc1ccc2nc(N3CCC4CCN(Cc5cnccn5)C4C3)cnc2c1. The first-order valence-electron chi connectivity index (χ1n) is 9.42. The smallest absolute Gasteiger partial charge is 0.147 e. The van der Waals surface area contributed by atoms with E-state index >= 15 is 0 Å². The fraction of sp³-hybridized carbons (Fsp3) is 0.400. The van der Waals surface area contributed by atoms with E-state index in [0.29, 0.717) is 11.1 Å². The van der Waals surface area contributed by atoms with E-state index in [0.717, 1.165) is 54.6 Å². The molecule has 4 heterocycles. The molecule has 2 aromatic heterocycles. The molecule has 5 rings (SSSR count). The Bertz CT molecular complexity index is 950. The van der Waals surface area contributed by atoms with E-state index in [4.69, 9.17) is 16.6 Å². The lowest BCUT2D eigenvalue weighted by molar-refractivity contribution is 0.198. The van der Waals surface area contributed by atoms with Crippen LogP contribution in [0.2, 0.25) is 5.02 Å². The molecule has 0 N–H and O–H groups in total. The summed E-state index contributed by atoms with van der Waals surface area (Å²) in [6, 6.07) is 6.20. The molecule has 0 saturated carbocycles. The van der Waals surface area contributed by atoms with Crippen molar-refractivity contribution in [3.8, 4) is 0 Å². The Balaban J connectivity index is 1.36. The molecule has 3 aromatic rings. The van der Waals surface area contributed by atoms with Gasteiger partial charge in [0.05, 0.1) is 22.9 Å². The molecule has 0 radical (unpaired) electrons. The second-order valence-electron chi connectivity index (χ2n) is 7.38. The van der Waals surface area contributed by atoms with Crippen molar-refractivity contribution in [2.45, 2.75) is 25.4 Å². The van der Waals surface area contributed by atoms with Crippen molar-refractivity contribution in [1.29, 1.82) is 0 Å². The lowest BCUT2D eigenvalue weighted by Crippen LogP contribution is -2.48. The maximum Gasteiger partial charge on any atom is 0.147 e. The Hall–Kier alpha value is -2.31. The zero-order valence-electron chi connectivity index (χ0n) is 15.0. The largest absolute Gasteiger partial charge is 0.354 e. The molecule has 2 atom stereocenters. The van der Waals surface area contributed by atoms with Crippen molar-refractivity contribution in [1.82, 2.24) is 24.8 Å². The molecule has 0 spiro atoms. The zero-order valence-corrected chi connectivity index (χ0v) is 15.8. The quantitative estimate of drug-likeness (QED) is 0.695. The van der Waals surface area contributed by atoms with Crippen LogP contribution >= 0.6 is 11.6 Å². The number of hydrogen-bond acceptors (Lipinski definition) is 6. The van der Waals surface area contributed by atoms with E-state index in [1.807, 2.05) is 30.6 Å². The summed E-state index contributed by atoms with van der Waals surface area (Å²) in [5.41, 5.74) is 2.77. The van der Waals surface area contributed by atoms with Crippen LogP contribution in [0.3, 0.4) is 0 Å². The van der Waals surface area contributed by atoms with Gasteiger partial charge in [-0.1, -0.05) is 11.6 Å². The van der Waals surface area contributed by atoms with Gasteiger partial charge in [-0.2, -0.15) is 0 Å². The molecule has 2 aliphatic heterocycles. The van der Waals surface area contributed by atoms with Gasteiger partial charge in [-0.05, 0) is 43.5 Å². The van der Waals surface area contributed by atoms with E-state index in [1.54, 1.807) is 12.4 Å². The topological polar surface area (TPSA) is 58.0 Å². The van der Waals surface area contributed by atoms with Crippen LogP contribution in [-0.2, 0) is 6.54 Å². The number of anilines is 1. The van der Waals surface area contributed by atoms with Crippen molar-refractivity contribution in [3.63, 3.8) is 0 Å². The molecule has 0 aliphatic carbocycles. The number of likely N-dealkylation sites (tertiary alicyclic amines) is 1. The minimum Gasteiger partial charge on any atom is -0.354 e. The van der Waals surface area contributed by atoms with E-state index < -0.39 is 0 Å². The molecule has 2 unspecified atom stereocenters. The highest BCUT2D eigenvalue weighted by Crippen LogP contribution is 2.34. The van der Waals surface area contributed by atoms with E-state index in [9.17, 15) is 0 Å². The van der Waals surface area contributed by atoms with Crippen LogP contribution in [0.4, 0.5) is 5.82 Å². The highest BCUT2D eigenvalue weighted by Gasteiger charge is 2.38. The van der Waals surface area contributed by atoms with Gasteiger partial charge in [-0.15, -0.1) is 0 Å². The van der Waals surface area contributed by atoms with Gasteiger partial charge in [0.1, 0.15) is 5.82 Å². The maximum absolute atomic E-state index is 6.06. The monoisotopic (exact) mass is 380 g/mol. The first-order valence-corrected chi connectivity index (χ1v) is 9.80. The predicted molar refractivity (Wildman–Crippen MR) is 106 cm³/mol. The number of fused-ring (bicyclic) bond motifs is 2. The lowest BCUT2D eigenvalue weighted by atomic mass is 9.92. The summed E-state index contributed by atoms with van der Waals surface area (Å²) in [6.07, 6.45) is 9.70. The summed E-state index contributed by atoms with van der Waals surface area (Å²) in [7, 11) is 0. The number of piperidine rings is 1. The summed E-state index contributed by atoms with van der Waals surface area (Å²) in [5.74, 6) is 1.71. The number of hydrogen-bond donors (Lipinski definition) is 0. The number of halogens is 1. The normalized spacial score (nSPS) is 22.9. The molecule has 27 heavy (non-hydrogen) atoms. The van der Waals surface area contributed by atoms with E-state index in [1.165, 1.54) is 12.8 Å². The molecule has 2 aliphatic rings. The third-order valence-corrected chi connectivity index (χ3v) is 6.01. The van der Waals surface area contributed by atoms with Gasteiger partial charge in [-0.3, -0.25) is 19.9 Å².